The number of carbonyl (C=O) groups is 3. The molecule has 0 bridgehead atoms. The molecule has 16 nitrogen and oxygen atoms in total. The molecule has 18 heteroatoms. The fraction of sp³-hybridized carbons (Fsp3) is 0.794. The number of aliphatic hydroxyl groups is 2. The van der Waals surface area contributed by atoms with E-state index in [-0.39, 0.29) is 19.3 Å². The third kappa shape index (κ3) is 58.8. The zero-order valence-corrected chi connectivity index (χ0v) is 52.5. The molecule has 0 aliphatic rings. The van der Waals surface area contributed by atoms with Gasteiger partial charge in [-0.2, -0.15) is 0 Å². The Balaban J connectivity index is 4.63. The van der Waals surface area contributed by atoms with Crippen LogP contribution in [0.5, 0.6) is 0 Å². The highest BCUT2D eigenvalue weighted by molar-refractivity contribution is 7.47. The summed E-state index contributed by atoms with van der Waals surface area (Å²) in [5, 5.41) is 20.5. The van der Waals surface area contributed by atoms with Crippen LogP contribution in [0.1, 0.15) is 265 Å². The number of hydrogen-bond acceptors (Lipinski definition) is 14. The molecule has 0 aromatic heterocycles. The summed E-state index contributed by atoms with van der Waals surface area (Å²) in [5.74, 6) is -1.60. The van der Waals surface area contributed by atoms with Crippen molar-refractivity contribution in [2.75, 3.05) is 39.6 Å². The molecule has 0 saturated carbocycles. The van der Waals surface area contributed by atoms with Crippen molar-refractivity contribution in [3.8, 4) is 0 Å². The Kier molecular flexibility index (Phi) is 55.7. The molecule has 472 valence electrons. The van der Waals surface area contributed by atoms with Crippen molar-refractivity contribution in [3.05, 3.63) is 60.8 Å². The van der Waals surface area contributed by atoms with Crippen molar-refractivity contribution >= 4 is 33.6 Å². The first-order chi connectivity index (χ1) is 39.2. The van der Waals surface area contributed by atoms with Crippen LogP contribution in [0.25, 0.3) is 0 Å². The Bertz CT molecular complexity index is 1730. The summed E-state index contributed by atoms with van der Waals surface area (Å²) in [6.45, 7) is 2.57. The van der Waals surface area contributed by atoms with E-state index in [9.17, 15) is 43.5 Å². The molecule has 0 rings (SSSR count). The summed E-state index contributed by atoms with van der Waals surface area (Å²) in [7, 11) is -9.76. The van der Waals surface area contributed by atoms with Gasteiger partial charge in [-0.25, -0.2) is 9.13 Å². The van der Waals surface area contributed by atoms with E-state index >= 15 is 0 Å². The minimum atomic E-state index is -4.92. The number of aliphatic hydroxyl groups excluding tert-OH is 2. The van der Waals surface area contributed by atoms with Crippen LogP contribution in [-0.4, -0.2) is 95.9 Å². The standard InChI is InChI=1S/C63H114O16P2/c1-4-7-10-13-16-19-22-25-26-27-28-29-30-33-35-37-40-43-46-49-61(66)73-52-58(64)53-75-80(69,70)76-54-59(65)55-77-81(71,72)78-57-60(79-63(68)51-48-45-42-39-36-32-24-21-18-15-12-9-6-3)56-74-62(67)50-47-44-41-38-34-31-23-20-17-14-11-8-5-2/h16,19-21,23-26,28-29,58-60,64-65H,4-15,17-18,22,27,30-57H2,1-3H3,(H,69,70)(H,71,72)/b19-16-,23-20-,24-21-,26-25-,29-28-. The summed E-state index contributed by atoms with van der Waals surface area (Å²) < 4.78 is 60.6. The predicted molar refractivity (Wildman–Crippen MR) is 325 cm³/mol. The summed E-state index contributed by atoms with van der Waals surface area (Å²) in [6, 6.07) is 0. The van der Waals surface area contributed by atoms with Gasteiger partial charge in [-0.05, 0) is 109 Å². The quantitative estimate of drug-likeness (QED) is 0.0146. The maximum Gasteiger partial charge on any atom is 0.472 e. The SMILES string of the molecule is CCCCC/C=C\C/C=C\C/C=C\CCCCCCCCC(=O)OCC(O)COP(=O)(O)OCC(O)COP(=O)(O)OCC(COC(=O)CCCCCCC/C=C\CCCCCC)OC(=O)CCCCCCC/C=C\CCCCCC. The molecule has 0 aromatic rings. The van der Waals surface area contributed by atoms with Gasteiger partial charge in [0, 0.05) is 19.3 Å². The molecule has 0 spiro atoms. The second-order valence-corrected chi connectivity index (χ2v) is 24.1. The molecule has 0 radical (unpaired) electrons. The Hall–Kier alpha value is -2.75. The maximum absolute atomic E-state index is 12.8. The van der Waals surface area contributed by atoms with Gasteiger partial charge in [0.25, 0.3) is 0 Å². The Labute approximate surface area is 490 Å². The van der Waals surface area contributed by atoms with E-state index in [0.717, 1.165) is 128 Å². The normalized spacial score (nSPS) is 14.8. The van der Waals surface area contributed by atoms with Crippen LogP contribution in [0.15, 0.2) is 60.8 Å². The van der Waals surface area contributed by atoms with Gasteiger partial charge in [0.1, 0.15) is 25.4 Å². The maximum atomic E-state index is 12.8. The lowest BCUT2D eigenvalue weighted by molar-refractivity contribution is -0.161. The number of hydrogen-bond donors (Lipinski definition) is 4. The van der Waals surface area contributed by atoms with E-state index in [1.165, 1.54) is 77.0 Å². The first-order valence-corrected chi connectivity index (χ1v) is 34.6. The average molecular weight is 1190 g/mol. The monoisotopic (exact) mass is 1190 g/mol. The van der Waals surface area contributed by atoms with Crippen molar-refractivity contribution in [1.29, 1.82) is 0 Å². The predicted octanol–water partition coefficient (Wildman–Crippen LogP) is 16.6. The Morgan fingerprint density at radius 1 is 0.346 bits per heavy atom. The van der Waals surface area contributed by atoms with Crippen LogP contribution in [0.4, 0.5) is 0 Å². The number of rotatable bonds is 60. The Morgan fingerprint density at radius 2 is 0.617 bits per heavy atom. The molecule has 0 aliphatic heterocycles. The molecular weight excluding hydrogens is 1070 g/mol. The van der Waals surface area contributed by atoms with Gasteiger partial charge in [0.05, 0.1) is 26.4 Å². The average Bonchev–Trinajstić information content (AvgIpc) is 3.45. The lowest BCUT2D eigenvalue weighted by atomic mass is 10.1. The van der Waals surface area contributed by atoms with E-state index in [4.69, 9.17) is 32.3 Å². The zero-order valence-electron chi connectivity index (χ0n) is 50.7. The number of esters is 3. The van der Waals surface area contributed by atoms with Crippen molar-refractivity contribution in [2.24, 2.45) is 0 Å². The smallest absolute Gasteiger partial charge is 0.463 e. The van der Waals surface area contributed by atoms with Crippen LogP contribution < -0.4 is 0 Å². The number of phosphoric acid groups is 2. The van der Waals surface area contributed by atoms with Crippen LogP contribution >= 0.6 is 15.6 Å². The first-order valence-electron chi connectivity index (χ1n) is 31.6. The molecule has 0 aromatic carbocycles. The lowest BCUT2D eigenvalue weighted by Gasteiger charge is -2.21. The van der Waals surface area contributed by atoms with E-state index in [2.05, 4.69) is 81.5 Å². The zero-order chi connectivity index (χ0) is 59.6. The minimum Gasteiger partial charge on any atom is -0.463 e. The molecule has 81 heavy (non-hydrogen) atoms. The summed E-state index contributed by atoms with van der Waals surface area (Å²) >= 11 is 0. The van der Waals surface area contributed by atoms with Gasteiger partial charge >= 0.3 is 33.6 Å². The summed E-state index contributed by atoms with van der Waals surface area (Å²) in [6.07, 6.45) is 55.7. The highest BCUT2D eigenvalue weighted by atomic mass is 31.2. The molecule has 0 fully saturated rings. The number of carbonyl (C=O) groups excluding carboxylic acids is 3. The van der Waals surface area contributed by atoms with Crippen molar-refractivity contribution < 1.29 is 75.8 Å². The highest BCUT2D eigenvalue weighted by Gasteiger charge is 2.29. The van der Waals surface area contributed by atoms with Gasteiger partial charge < -0.3 is 34.2 Å². The molecular formula is C63H114O16P2. The van der Waals surface area contributed by atoms with Gasteiger partial charge in [-0.3, -0.25) is 32.5 Å². The number of phosphoric ester groups is 2. The Morgan fingerprint density at radius 3 is 1.01 bits per heavy atom. The van der Waals surface area contributed by atoms with E-state index in [1.807, 2.05) is 0 Å². The molecule has 0 heterocycles. The van der Waals surface area contributed by atoms with E-state index in [1.54, 1.807) is 0 Å². The van der Waals surface area contributed by atoms with Crippen LogP contribution in [0.2, 0.25) is 0 Å². The molecule has 0 amide bonds. The first kappa shape index (κ1) is 78.2. The molecule has 5 unspecified atom stereocenters. The second kappa shape index (κ2) is 57.7. The van der Waals surface area contributed by atoms with Gasteiger partial charge in [0.15, 0.2) is 6.10 Å². The number of ether oxygens (including phenoxy) is 3. The number of allylic oxidation sites excluding steroid dienone is 10. The third-order valence-electron chi connectivity index (χ3n) is 13.2. The summed E-state index contributed by atoms with van der Waals surface area (Å²) in [4.78, 5) is 58.1. The van der Waals surface area contributed by atoms with Gasteiger partial charge in [-0.15, -0.1) is 0 Å². The van der Waals surface area contributed by atoms with Crippen LogP contribution in [0, 0.1) is 0 Å². The molecule has 0 saturated heterocycles. The van der Waals surface area contributed by atoms with Crippen molar-refractivity contribution in [2.45, 2.75) is 283 Å². The lowest BCUT2D eigenvalue weighted by Crippen LogP contribution is -2.30. The fourth-order valence-corrected chi connectivity index (χ4v) is 9.86. The third-order valence-corrected chi connectivity index (χ3v) is 15.1. The molecule has 4 N–H and O–H groups in total. The van der Waals surface area contributed by atoms with Crippen molar-refractivity contribution in [3.63, 3.8) is 0 Å². The largest absolute Gasteiger partial charge is 0.472 e. The highest BCUT2D eigenvalue weighted by Crippen LogP contribution is 2.45. The van der Waals surface area contributed by atoms with Crippen LogP contribution in [-0.2, 0) is 55.8 Å². The van der Waals surface area contributed by atoms with E-state index < -0.39 is 91.5 Å². The summed E-state index contributed by atoms with van der Waals surface area (Å²) in [5.41, 5.74) is 0. The second-order valence-electron chi connectivity index (χ2n) is 21.2. The van der Waals surface area contributed by atoms with E-state index in [0.29, 0.717) is 19.3 Å². The van der Waals surface area contributed by atoms with Gasteiger partial charge in [-0.1, -0.05) is 197 Å². The van der Waals surface area contributed by atoms with Crippen molar-refractivity contribution in [1.82, 2.24) is 0 Å². The topological polar surface area (TPSA) is 231 Å². The van der Waals surface area contributed by atoms with Crippen LogP contribution in [0.3, 0.4) is 0 Å². The molecule has 0 aliphatic carbocycles. The number of unbranched alkanes of at least 4 members (excludes halogenated alkanes) is 27. The molecule has 5 atom stereocenters. The van der Waals surface area contributed by atoms with Gasteiger partial charge in [0.2, 0.25) is 0 Å². The fourth-order valence-electron chi connectivity index (χ4n) is 8.27. The minimum absolute atomic E-state index is 0.0950.